The second kappa shape index (κ2) is 8.60. The van der Waals surface area contributed by atoms with E-state index in [4.69, 9.17) is 0 Å². The van der Waals surface area contributed by atoms with Crippen molar-refractivity contribution in [2.75, 3.05) is 24.5 Å². The summed E-state index contributed by atoms with van der Waals surface area (Å²) in [6.07, 6.45) is 2.52. The Kier molecular flexibility index (Phi) is 5.99. The number of hydrogen-bond acceptors (Lipinski definition) is 3. The highest BCUT2D eigenvalue weighted by Crippen LogP contribution is 2.26. The number of rotatable bonds is 5. The van der Waals surface area contributed by atoms with Gasteiger partial charge in [0.05, 0.1) is 12.2 Å². The predicted molar refractivity (Wildman–Crippen MR) is 99.2 cm³/mol. The Morgan fingerprint density at radius 2 is 2.04 bits per heavy atom. The van der Waals surface area contributed by atoms with Crippen LogP contribution in [0.3, 0.4) is 0 Å². The first-order chi connectivity index (χ1) is 12.7. The van der Waals surface area contributed by atoms with E-state index in [1.807, 2.05) is 25.1 Å². The van der Waals surface area contributed by atoms with Crippen LogP contribution < -0.4 is 15.5 Å². The Morgan fingerprint density at radius 1 is 1.23 bits per heavy atom. The summed E-state index contributed by atoms with van der Waals surface area (Å²) >= 11 is 0. The molecular formula is C19H23F2N5. The van der Waals surface area contributed by atoms with Crippen molar-refractivity contribution in [3.05, 3.63) is 59.9 Å². The summed E-state index contributed by atoms with van der Waals surface area (Å²) in [6.45, 7) is 4.30. The van der Waals surface area contributed by atoms with Crippen LogP contribution in [0.25, 0.3) is 0 Å². The van der Waals surface area contributed by atoms with Gasteiger partial charge in [0.2, 0.25) is 0 Å². The summed E-state index contributed by atoms with van der Waals surface area (Å²) < 4.78 is 28.0. The second-order valence-corrected chi connectivity index (χ2v) is 6.16. The maximum absolute atomic E-state index is 14.0. The van der Waals surface area contributed by atoms with Gasteiger partial charge in [0, 0.05) is 31.9 Å². The van der Waals surface area contributed by atoms with Gasteiger partial charge in [-0.3, -0.25) is 4.98 Å². The van der Waals surface area contributed by atoms with Crippen molar-refractivity contribution < 1.29 is 8.78 Å². The molecule has 26 heavy (non-hydrogen) atoms. The molecule has 0 aliphatic carbocycles. The molecule has 138 valence electrons. The maximum atomic E-state index is 14.0. The standard InChI is InChI=1S/C19H23F2N5/c1-2-22-19(24-12-14-6-3-4-10-23-14)25-15-9-11-26(13-15)18-16(20)7-5-8-17(18)21/h3-8,10,15H,2,9,11-13H2,1H3,(H2,22,24,25). The molecule has 7 heteroatoms. The quantitative estimate of drug-likeness (QED) is 0.637. The number of pyridine rings is 1. The van der Waals surface area contributed by atoms with Crippen molar-refractivity contribution >= 4 is 11.6 Å². The molecule has 2 heterocycles. The highest BCUT2D eigenvalue weighted by molar-refractivity contribution is 5.80. The average molecular weight is 359 g/mol. The van der Waals surface area contributed by atoms with E-state index in [1.165, 1.54) is 18.2 Å². The van der Waals surface area contributed by atoms with Crippen molar-refractivity contribution in [2.45, 2.75) is 25.9 Å². The lowest BCUT2D eigenvalue weighted by Gasteiger charge is -2.21. The summed E-state index contributed by atoms with van der Waals surface area (Å²) in [5, 5.41) is 6.55. The Labute approximate surface area is 152 Å². The van der Waals surface area contributed by atoms with Crippen LogP contribution in [0.2, 0.25) is 0 Å². The van der Waals surface area contributed by atoms with Gasteiger partial charge in [-0.05, 0) is 37.6 Å². The number of hydrogen-bond donors (Lipinski definition) is 2. The largest absolute Gasteiger partial charge is 0.365 e. The fourth-order valence-corrected chi connectivity index (χ4v) is 3.04. The minimum Gasteiger partial charge on any atom is -0.365 e. The number of para-hydroxylation sites is 1. The highest BCUT2D eigenvalue weighted by Gasteiger charge is 2.27. The van der Waals surface area contributed by atoms with Gasteiger partial charge in [-0.2, -0.15) is 0 Å². The number of anilines is 1. The molecule has 1 fully saturated rings. The molecule has 2 aromatic rings. The van der Waals surface area contributed by atoms with E-state index >= 15 is 0 Å². The van der Waals surface area contributed by atoms with E-state index in [0.29, 0.717) is 25.6 Å². The van der Waals surface area contributed by atoms with Crippen molar-refractivity contribution in [1.29, 1.82) is 0 Å². The lowest BCUT2D eigenvalue weighted by atomic mass is 10.2. The first-order valence-electron chi connectivity index (χ1n) is 8.81. The summed E-state index contributed by atoms with van der Waals surface area (Å²) in [6, 6.07) is 9.74. The molecule has 1 unspecified atom stereocenters. The van der Waals surface area contributed by atoms with Crippen LogP contribution >= 0.6 is 0 Å². The van der Waals surface area contributed by atoms with E-state index in [0.717, 1.165) is 18.7 Å². The predicted octanol–water partition coefficient (Wildman–Crippen LogP) is 2.69. The van der Waals surface area contributed by atoms with Crippen molar-refractivity contribution in [3.8, 4) is 0 Å². The normalized spacial score (nSPS) is 17.4. The van der Waals surface area contributed by atoms with Gasteiger partial charge in [0.1, 0.15) is 17.3 Å². The molecular weight excluding hydrogens is 336 g/mol. The second-order valence-electron chi connectivity index (χ2n) is 6.16. The van der Waals surface area contributed by atoms with E-state index in [2.05, 4.69) is 20.6 Å². The molecule has 1 aromatic heterocycles. The number of benzene rings is 1. The van der Waals surface area contributed by atoms with E-state index in [-0.39, 0.29) is 11.7 Å². The third-order valence-electron chi connectivity index (χ3n) is 4.25. The number of aliphatic imine (C=N–C) groups is 1. The summed E-state index contributed by atoms with van der Waals surface area (Å²) in [4.78, 5) is 10.5. The molecule has 0 saturated carbocycles. The fraction of sp³-hybridized carbons (Fsp3) is 0.368. The van der Waals surface area contributed by atoms with Crippen LogP contribution in [0, 0.1) is 11.6 Å². The smallest absolute Gasteiger partial charge is 0.191 e. The van der Waals surface area contributed by atoms with Crippen LogP contribution in [0.4, 0.5) is 14.5 Å². The molecule has 1 aliphatic heterocycles. The molecule has 2 N–H and O–H groups in total. The Bertz CT molecular complexity index is 731. The van der Waals surface area contributed by atoms with Crippen molar-refractivity contribution in [2.24, 2.45) is 4.99 Å². The lowest BCUT2D eigenvalue weighted by Crippen LogP contribution is -2.44. The van der Waals surface area contributed by atoms with Gasteiger partial charge in [-0.1, -0.05) is 12.1 Å². The third-order valence-corrected chi connectivity index (χ3v) is 4.25. The molecule has 1 atom stereocenters. The number of nitrogens with one attached hydrogen (secondary N) is 2. The van der Waals surface area contributed by atoms with Crippen LogP contribution in [0.5, 0.6) is 0 Å². The van der Waals surface area contributed by atoms with E-state index in [1.54, 1.807) is 11.1 Å². The number of nitrogens with zero attached hydrogens (tertiary/aromatic N) is 3. The Morgan fingerprint density at radius 3 is 2.73 bits per heavy atom. The summed E-state index contributed by atoms with van der Waals surface area (Å²) in [5.74, 6) is -0.373. The maximum Gasteiger partial charge on any atom is 0.191 e. The van der Waals surface area contributed by atoms with Crippen LogP contribution in [-0.4, -0.2) is 36.6 Å². The molecule has 0 spiro atoms. The van der Waals surface area contributed by atoms with Gasteiger partial charge in [-0.15, -0.1) is 0 Å². The average Bonchev–Trinajstić information content (AvgIpc) is 3.09. The first kappa shape index (κ1) is 18.1. The molecule has 0 bridgehead atoms. The lowest BCUT2D eigenvalue weighted by molar-refractivity contribution is 0.576. The van der Waals surface area contributed by atoms with Crippen molar-refractivity contribution in [1.82, 2.24) is 15.6 Å². The first-order valence-corrected chi connectivity index (χ1v) is 8.81. The highest BCUT2D eigenvalue weighted by atomic mass is 19.1. The Hall–Kier alpha value is -2.70. The van der Waals surface area contributed by atoms with E-state index in [9.17, 15) is 8.78 Å². The third kappa shape index (κ3) is 4.47. The van der Waals surface area contributed by atoms with E-state index < -0.39 is 11.6 Å². The van der Waals surface area contributed by atoms with Crippen LogP contribution in [0.1, 0.15) is 19.0 Å². The zero-order chi connectivity index (χ0) is 18.4. The van der Waals surface area contributed by atoms with Gasteiger partial charge >= 0.3 is 0 Å². The monoisotopic (exact) mass is 359 g/mol. The molecule has 3 rings (SSSR count). The molecule has 0 radical (unpaired) electrons. The van der Waals surface area contributed by atoms with Crippen LogP contribution in [0.15, 0.2) is 47.6 Å². The van der Waals surface area contributed by atoms with Crippen LogP contribution in [-0.2, 0) is 6.54 Å². The molecule has 5 nitrogen and oxygen atoms in total. The Balaban J connectivity index is 1.63. The van der Waals surface area contributed by atoms with Crippen molar-refractivity contribution in [3.63, 3.8) is 0 Å². The van der Waals surface area contributed by atoms with Gasteiger partial charge < -0.3 is 15.5 Å². The number of halogens is 2. The zero-order valence-electron chi connectivity index (χ0n) is 14.8. The summed E-state index contributed by atoms with van der Waals surface area (Å²) in [5.41, 5.74) is 0.929. The molecule has 0 amide bonds. The summed E-state index contributed by atoms with van der Waals surface area (Å²) in [7, 11) is 0. The molecule has 1 saturated heterocycles. The molecule has 1 aromatic carbocycles. The zero-order valence-corrected chi connectivity index (χ0v) is 14.8. The minimum absolute atomic E-state index is 0.0484. The van der Waals surface area contributed by atoms with Gasteiger partial charge in [-0.25, -0.2) is 13.8 Å². The molecule has 1 aliphatic rings. The topological polar surface area (TPSA) is 52.6 Å². The fourth-order valence-electron chi connectivity index (χ4n) is 3.04. The number of aromatic nitrogens is 1. The minimum atomic E-state index is -0.527. The van der Waals surface area contributed by atoms with Gasteiger partial charge in [0.15, 0.2) is 5.96 Å². The number of guanidine groups is 1. The van der Waals surface area contributed by atoms with Gasteiger partial charge in [0.25, 0.3) is 0 Å². The SMILES string of the molecule is CCNC(=NCc1ccccn1)NC1CCN(c2c(F)cccc2F)C1.